The summed E-state index contributed by atoms with van der Waals surface area (Å²) in [5, 5.41) is 3.04. The van der Waals surface area contributed by atoms with Crippen LogP contribution in [0.25, 0.3) is 78.0 Å². The van der Waals surface area contributed by atoms with E-state index in [1.165, 1.54) is 0 Å². The van der Waals surface area contributed by atoms with Gasteiger partial charge in [0.2, 0.25) is 0 Å². The number of fused-ring (bicyclic) bond motifs is 4. The molecule has 254 valence electrons. The van der Waals surface area contributed by atoms with Gasteiger partial charge in [0.15, 0.2) is 23.1 Å². The second-order valence-corrected chi connectivity index (χ2v) is 12.5. The van der Waals surface area contributed by atoms with Crippen molar-refractivity contribution in [2.45, 2.75) is 0 Å². The summed E-state index contributed by atoms with van der Waals surface area (Å²) < 4.78 is 92.2. The van der Waals surface area contributed by atoms with E-state index in [0.29, 0.717) is 27.5 Å². The summed E-state index contributed by atoms with van der Waals surface area (Å²) in [6, 6.07) is 37.6. The predicted octanol–water partition coefficient (Wildman–Crippen LogP) is 13.1. The van der Waals surface area contributed by atoms with Crippen LogP contribution >= 0.6 is 0 Å². The van der Waals surface area contributed by atoms with Crippen molar-refractivity contribution in [1.82, 2.24) is 15.0 Å². The summed E-state index contributed by atoms with van der Waals surface area (Å²) in [6.45, 7) is 0. The van der Waals surface area contributed by atoms with Crippen LogP contribution in [0.15, 0.2) is 198 Å². The average Bonchev–Trinajstić information content (AvgIpc) is 3.70. The number of hydrogen-bond acceptors (Lipinski definition) is 5. The predicted molar refractivity (Wildman–Crippen MR) is 221 cm³/mol. The van der Waals surface area contributed by atoms with Crippen LogP contribution in [0.5, 0.6) is 0 Å². The Kier molecular flexibility index (Phi) is 5.56. The molecule has 0 atom stereocenters. The van der Waals surface area contributed by atoms with Gasteiger partial charge in [-0.25, -0.2) is 15.0 Å². The van der Waals surface area contributed by atoms with E-state index in [1.807, 2.05) is 84.9 Å². The second kappa shape index (κ2) is 13.3. The molecule has 0 radical (unpaired) electrons. The number of benzene rings is 8. The number of aromatic nitrogens is 3. The summed E-state index contributed by atoms with van der Waals surface area (Å²) >= 11 is 0. The van der Waals surface area contributed by atoms with Gasteiger partial charge in [0.05, 0.1) is 19.4 Å². The standard InChI is InChI=1S/C49H32N4O/c1-5-16-33(17-6-1)34-28-30-39(31-29-34)53(38-23-11-4-12-24-38)45-40-25-14-13-22-37(40)32-42-44-41(26-15-27-43(44)54-46(42)45)49-51-47(35-18-7-2-8-19-35)50-48(52-49)36-20-9-3-10-21-36/h1-32H/i2D,3D,7D,8D,9D,10D,18D,19D,20D,21D. The van der Waals surface area contributed by atoms with Crippen LogP contribution in [0.4, 0.5) is 17.1 Å². The number of rotatable bonds is 7. The van der Waals surface area contributed by atoms with Gasteiger partial charge in [-0.3, -0.25) is 0 Å². The van der Waals surface area contributed by atoms with Crippen molar-refractivity contribution in [1.29, 1.82) is 0 Å². The van der Waals surface area contributed by atoms with Gasteiger partial charge in [-0.2, -0.15) is 0 Å². The van der Waals surface area contributed by atoms with E-state index in [4.69, 9.17) is 28.1 Å². The lowest BCUT2D eigenvalue weighted by atomic mass is 9.99. The smallest absolute Gasteiger partial charge is 0.164 e. The Morgan fingerprint density at radius 1 is 0.463 bits per heavy atom. The third-order valence-electron chi connectivity index (χ3n) is 9.28. The molecule has 0 saturated carbocycles. The maximum Gasteiger partial charge on any atom is 0.164 e. The van der Waals surface area contributed by atoms with Gasteiger partial charge in [-0.1, -0.05) is 157 Å². The molecule has 2 aromatic heterocycles. The lowest BCUT2D eigenvalue weighted by Gasteiger charge is -2.27. The van der Waals surface area contributed by atoms with Gasteiger partial charge < -0.3 is 9.32 Å². The molecule has 0 aliphatic heterocycles. The number of furan rings is 1. The van der Waals surface area contributed by atoms with Crippen LogP contribution in [0.1, 0.15) is 13.7 Å². The summed E-state index contributed by atoms with van der Waals surface area (Å²) in [4.78, 5) is 16.1. The highest BCUT2D eigenvalue weighted by Gasteiger charge is 2.25. The minimum atomic E-state index is -0.623. The molecule has 0 N–H and O–H groups in total. The Bertz CT molecular complexity index is 3370. The normalized spacial score (nSPS) is 13.9. The van der Waals surface area contributed by atoms with Gasteiger partial charge in [0, 0.05) is 44.2 Å². The number of hydrogen-bond donors (Lipinski definition) is 0. The lowest BCUT2D eigenvalue weighted by Crippen LogP contribution is -2.10. The first kappa shape index (κ1) is 22.5. The number of nitrogens with zero attached hydrogens (tertiary/aromatic N) is 4. The highest BCUT2D eigenvalue weighted by Crippen LogP contribution is 2.48. The summed E-state index contributed by atoms with van der Waals surface area (Å²) in [6.07, 6.45) is 0. The quantitative estimate of drug-likeness (QED) is 0.165. The summed E-state index contributed by atoms with van der Waals surface area (Å²) in [7, 11) is 0. The van der Waals surface area contributed by atoms with Crippen LogP contribution in [0.2, 0.25) is 0 Å². The molecule has 0 unspecified atom stereocenters. The van der Waals surface area contributed by atoms with Gasteiger partial charge in [-0.15, -0.1) is 0 Å². The molecule has 8 aromatic carbocycles. The van der Waals surface area contributed by atoms with E-state index >= 15 is 0 Å². The van der Waals surface area contributed by atoms with E-state index in [9.17, 15) is 0 Å². The first-order chi connectivity index (χ1) is 30.9. The summed E-state index contributed by atoms with van der Waals surface area (Å²) in [5.41, 5.74) is 5.30. The molecule has 54 heavy (non-hydrogen) atoms. The molecule has 0 bridgehead atoms. The minimum Gasteiger partial charge on any atom is -0.454 e. The topological polar surface area (TPSA) is 55.1 Å². The lowest BCUT2D eigenvalue weighted by molar-refractivity contribution is 0.669. The van der Waals surface area contributed by atoms with E-state index < -0.39 is 60.4 Å². The Balaban J connectivity index is 1.28. The van der Waals surface area contributed by atoms with E-state index in [2.05, 4.69) is 46.3 Å². The third-order valence-corrected chi connectivity index (χ3v) is 9.28. The first-order valence-electron chi connectivity index (χ1n) is 22.2. The molecule has 5 nitrogen and oxygen atoms in total. The van der Waals surface area contributed by atoms with Crippen molar-refractivity contribution in [3.8, 4) is 45.3 Å². The van der Waals surface area contributed by atoms with E-state index in [-0.39, 0.29) is 28.6 Å². The monoisotopic (exact) mass is 702 g/mol. The Morgan fingerprint density at radius 3 is 1.72 bits per heavy atom. The third kappa shape index (κ3) is 5.56. The fourth-order valence-corrected chi connectivity index (χ4v) is 6.87. The zero-order valence-corrected chi connectivity index (χ0v) is 28.4. The van der Waals surface area contributed by atoms with Crippen molar-refractivity contribution >= 4 is 49.8 Å². The molecule has 0 aliphatic rings. The van der Waals surface area contributed by atoms with Crippen molar-refractivity contribution < 1.29 is 18.1 Å². The Labute approximate surface area is 326 Å². The van der Waals surface area contributed by atoms with Crippen LogP contribution in [-0.2, 0) is 0 Å². The zero-order chi connectivity index (χ0) is 44.6. The molecule has 0 amide bonds. The molecule has 10 aromatic rings. The molecule has 2 heterocycles. The average molecular weight is 703 g/mol. The molecule has 5 heteroatoms. The van der Waals surface area contributed by atoms with E-state index in [0.717, 1.165) is 39.0 Å². The summed E-state index contributed by atoms with van der Waals surface area (Å²) in [5.74, 6) is -0.763. The minimum absolute atomic E-state index is 0.0574. The van der Waals surface area contributed by atoms with E-state index in [1.54, 1.807) is 12.1 Å². The second-order valence-electron chi connectivity index (χ2n) is 12.5. The number of para-hydroxylation sites is 1. The maximum atomic E-state index is 8.80. The highest BCUT2D eigenvalue weighted by atomic mass is 16.3. The Hall–Kier alpha value is -7.37. The first-order valence-corrected chi connectivity index (χ1v) is 17.2. The van der Waals surface area contributed by atoms with Crippen LogP contribution in [0.3, 0.4) is 0 Å². The highest BCUT2D eigenvalue weighted by molar-refractivity contribution is 6.22. The van der Waals surface area contributed by atoms with Gasteiger partial charge >= 0.3 is 0 Å². The van der Waals surface area contributed by atoms with Crippen LogP contribution < -0.4 is 4.90 Å². The van der Waals surface area contributed by atoms with Gasteiger partial charge in [0.25, 0.3) is 0 Å². The molecule has 0 spiro atoms. The molecule has 0 fully saturated rings. The largest absolute Gasteiger partial charge is 0.454 e. The van der Waals surface area contributed by atoms with Crippen LogP contribution in [-0.4, -0.2) is 15.0 Å². The fraction of sp³-hybridized carbons (Fsp3) is 0. The van der Waals surface area contributed by atoms with Crippen molar-refractivity contribution in [2.75, 3.05) is 4.90 Å². The van der Waals surface area contributed by atoms with Gasteiger partial charge in [-0.05, 0) is 52.9 Å². The molecular formula is C49H32N4O. The number of anilines is 3. The molecule has 0 saturated heterocycles. The van der Waals surface area contributed by atoms with Crippen molar-refractivity contribution in [3.63, 3.8) is 0 Å². The van der Waals surface area contributed by atoms with Crippen molar-refractivity contribution in [3.05, 3.63) is 194 Å². The van der Waals surface area contributed by atoms with Crippen LogP contribution in [0, 0.1) is 0 Å². The fourth-order valence-electron chi connectivity index (χ4n) is 6.87. The SMILES string of the molecule is [2H]c1c([2H])c([2H])c(-c2nc(-c3c([2H])c([2H])c([2H])c([2H])c3[2H])nc(-c3cccc4oc5c(N(c6ccccc6)c6ccc(-c7ccccc7)cc6)c6ccccc6cc5c34)n2)c([2H])c1[2H]. The molecule has 10 rings (SSSR count). The molecular weight excluding hydrogens is 661 g/mol. The maximum absolute atomic E-state index is 8.80. The Morgan fingerprint density at radius 2 is 1.04 bits per heavy atom. The van der Waals surface area contributed by atoms with Crippen molar-refractivity contribution in [2.24, 2.45) is 0 Å². The molecule has 0 aliphatic carbocycles. The zero-order valence-electron chi connectivity index (χ0n) is 38.4. The van der Waals surface area contributed by atoms with Gasteiger partial charge in [0.1, 0.15) is 5.58 Å².